The third kappa shape index (κ3) is 3.18. The van der Waals surface area contributed by atoms with Gasteiger partial charge in [0.25, 0.3) is 11.6 Å². The number of amides is 1. The quantitative estimate of drug-likeness (QED) is 0.688. The molecular formula is C13H10BrN3O3. The number of carbonyl (C=O) groups excluding carboxylic acids is 1. The highest BCUT2D eigenvalue weighted by molar-refractivity contribution is 9.10. The smallest absolute Gasteiger partial charge is 0.270 e. The molecule has 1 heterocycles. The highest BCUT2D eigenvalue weighted by Crippen LogP contribution is 2.18. The minimum atomic E-state index is -0.543. The number of hydrogen-bond acceptors (Lipinski definition) is 4. The summed E-state index contributed by atoms with van der Waals surface area (Å²) >= 11 is 3.32. The molecule has 102 valence electrons. The van der Waals surface area contributed by atoms with Crippen molar-refractivity contribution in [1.29, 1.82) is 0 Å². The predicted molar refractivity (Wildman–Crippen MR) is 77.7 cm³/mol. The van der Waals surface area contributed by atoms with Gasteiger partial charge in [0.1, 0.15) is 5.82 Å². The van der Waals surface area contributed by atoms with Gasteiger partial charge in [0.15, 0.2) is 0 Å². The average Bonchev–Trinajstić information content (AvgIpc) is 2.43. The van der Waals surface area contributed by atoms with Crippen molar-refractivity contribution in [3.05, 3.63) is 62.2 Å². The fourth-order valence-electron chi connectivity index (χ4n) is 1.56. The second kappa shape index (κ2) is 5.79. The Hall–Kier alpha value is -2.28. The number of halogens is 1. The molecule has 0 aliphatic heterocycles. The van der Waals surface area contributed by atoms with Crippen LogP contribution >= 0.6 is 15.9 Å². The molecule has 0 radical (unpaired) electrons. The monoisotopic (exact) mass is 335 g/mol. The number of nitrogens with zero attached hydrogens (tertiary/aromatic N) is 2. The number of aryl methyl sites for hydroxylation is 1. The van der Waals surface area contributed by atoms with Gasteiger partial charge in [-0.3, -0.25) is 14.9 Å². The Labute approximate surface area is 123 Å². The Morgan fingerprint density at radius 2 is 2.10 bits per heavy atom. The SMILES string of the molecule is Cc1nc(NC(=O)c2cccc([N+](=O)[O-])c2)ccc1Br. The van der Waals surface area contributed by atoms with Gasteiger partial charge >= 0.3 is 0 Å². The first-order valence-corrected chi connectivity index (χ1v) is 6.45. The number of benzene rings is 1. The van der Waals surface area contributed by atoms with Gasteiger partial charge in [-0.05, 0) is 41.1 Å². The van der Waals surface area contributed by atoms with E-state index in [0.717, 1.165) is 10.2 Å². The molecule has 1 N–H and O–H groups in total. The van der Waals surface area contributed by atoms with E-state index in [4.69, 9.17) is 0 Å². The van der Waals surface area contributed by atoms with E-state index < -0.39 is 10.8 Å². The van der Waals surface area contributed by atoms with Crippen LogP contribution in [0.15, 0.2) is 40.9 Å². The summed E-state index contributed by atoms with van der Waals surface area (Å²) in [5, 5.41) is 13.3. The molecule has 0 spiro atoms. The number of anilines is 1. The molecule has 20 heavy (non-hydrogen) atoms. The van der Waals surface area contributed by atoms with Crippen molar-refractivity contribution in [2.75, 3.05) is 5.32 Å². The molecule has 7 heteroatoms. The maximum absolute atomic E-state index is 12.0. The molecule has 0 unspecified atom stereocenters. The third-order valence-electron chi connectivity index (χ3n) is 2.58. The van der Waals surface area contributed by atoms with E-state index >= 15 is 0 Å². The van der Waals surface area contributed by atoms with Crippen LogP contribution in [0.25, 0.3) is 0 Å². The lowest BCUT2D eigenvalue weighted by Crippen LogP contribution is -2.13. The van der Waals surface area contributed by atoms with Gasteiger partial charge in [0.05, 0.1) is 10.6 Å². The molecule has 2 rings (SSSR count). The number of nitro benzene ring substituents is 1. The molecule has 0 aliphatic carbocycles. The molecule has 1 aromatic heterocycles. The molecule has 0 saturated heterocycles. The summed E-state index contributed by atoms with van der Waals surface area (Å²) < 4.78 is 0.839. The Kier molecular flexibility index (Phi) is 4.09. The lowest BCUT2D eigenvalue weighted by molar-refractivity contribution is -0.384. The highest BCUT2D eigenvalue weighted by Gasteiger charge is 2.12. The Balaban J connectivity index is 2.21. The summed E-state index contributed by atoms with van der Waals surface area (Å²) in [7, 11) is 0. The first kappa shape index (κ1) is 14.1. The van der Waals surface area contributed by atoms with E-state index in [2.05, 4.69) is 26.2 Å². The van der Waals surface area contributed by atoms with E-state index in [1.165, 1.54) is 24.3 Å². The van der Waals surface area contributed by atoms with E-state index in [1.807, 2.05) is 0 Å². The van der Waals surface area contributed by atoms with Crippen LogP contribution in [0.3, 0.4) is 0 Å². The van der Waals surface area contributed by atoms with Gasteiger partial charge < -0.3 is 5.32 Å². The number of non-ortho nitro benzene ring substituents is 1. The largest absolute Gasteiger partial charge is 0.307 e. The van der Waals surface area contributed by atoms with Crippen molar-refractivity contribution in [2.24, 2.45) is 0 Å². The van der Waals surface area contributed by atoms with Crippen LogP contribution in [0.4, 0.5) is 11.5 Å². The van der Waals surface area contributed by atoms with Gasteiger partial charge in [-0.15, -0.1) is 0 Å². The minimum Gasteiger partial charge on any atom is -0.307 e. The number of aromatic nitrogens is 1. The van der Waals surface area contributed by atoms with Gasteiger partial charge in [-0.2, -0.15) is 0 Å². The van der Waals surface area contributed by atoms with Crippen LogP contribution in [0, 0.1) is 17.0 Å². The first-order valence-electron chi connectivity index (χ1n) is 5.66. The lowest BCUT2D eigenvalue weighted by Gasteiger charge is -2.06. The van der Waals surface area contributed by atoms with Crippen molar-refractivity contribution in [2.45, 2.75) is 6.92 Å². The Bertz CT molecular complexity index is 688. The third-order valence-corrected chi connectivity index (χ3v) is 3.42. The zero-order valence-electron chi connectivity index (χ0n) is 10.5. The summed E-state index contributed by atoms with van der Waals surface area (Å²) in [6.07, 6.45) is 0. The molecule has 2 aromatic rings. The van der Waals surface area contributed by atoms with Crippen LogP contribution in [-0.4, -0.2) is 15.8 Å². The number of nitrogens with one attached hydrogen (secondary N) is 1. The highest BCUT2D eigenvalue weighted by atomic mass is 79.9. The number of nitro groups is 1. The zero-order valence-corrected chi connectivity index (χ0v) is 12.0. The van der Waals surface area contributed by atoms with Crippen LogP contribution in [-0.2, 0) is 0 Å². The van der Waals surface area contributed by atoms with Crippen LogP contribution < -0.4 is 5.32 Å². The normalized spacial score (nSPS) is 10.1. The standard InChI is InChI=1S/C13H10BrN3O3/c1-8-11(14)5-6-12(15-8)16-13(18)9-3-2-4-10(7-9)17(19)20/h2-7H,1H3,(H,15,16,18). The van der Waals surface area contributed by atoms with Crippen molar-refractivity contribution in [3.63, 3.8) is 0 Å². The minimum absolute atomic E-state index is 0.127. The van der Waals surface area contributed by atoms with Gasteiger partial charge in [-0.1, -0.05) is 6.07 Å². The summed E-state index contributed by atoms with van der Waals surface area (Å²) in [6, 6.07) is 8.94. The summed E-state index contributed by atoms with van der Waals surface area (Å²) in [4.78, 5) is 26.3. The fourth-order valence-corrected chi connectivity index (χ4v) is 1.78. The lowest BCUT2D eigenvalue weighted by atomic mass is 10.2. The molecule has 0 saturated carbocycles. The second-order valence-corrected chi connectivity index (χ2v) is 4.88. The number of hydrogen-bond donors (Lipinski definition) is 1. The second-order valence-electron chi connectivity index (χ2n) is 4.03. The summed E-state index contributed by atoms with van der Waals surface area (Å²) in [6.45, 7) is 1.80. The average molecular weight is 336 g/mol. The van der Waals surface area contributed by atoms with E-state index in [0.29, 0.717) is 5.82 Å². The molecule has 0 atom stereocenters. The topological polar surface area (TPSA) is 85.1 Å². The maximum atomic E-state index is 12.0. The van der Waals surface area contributed by atoms with Gasteiger partial charge in [-0.25, -0.2) is 4.98 Å². The molecular weight excluding hydrogens is 326 g/mol. The fraction of sp³-hybridized carbons (Fsp3) is 0.0769. The number of pyridine rings is 1. The predicted octanol–water partition coefficient (Wildman–Crippen LogP) is 3.31. The molecule has 1 amide bonds. The Morgan fingerprint density at radius 1 is 1.35 bits per heavy atom. The zero-order chi connectivity index (χ0) is 14.7. The Morgan fingerprint density at radius 3 is 2.75 bits per heavy atom. The molecule has 0 bridgehead atoms. The van der Waals surface area contributed by atoms with E-state index in [1.54, 1.807) is 19.1 Å². The molecule has 1 aromatic carbocycles. The summed E-state index contributed by atoms with van der Waals surface area (Å²) in [5.41, 5.74) is 0.820. The summed E-state index contributed by atoms with van der Waals surface area (Å²) in [5.74, 6) is -0.0508. The van der Waals surface area contributed by atoms with Crippen molar-refractivity contribution in [3.8, 4) is 0 Å². The van der Waals surface area contributed by atoms with Crippen LogP contribution in [0.2, 0.25) is 0 Å². The molecule has 0 fully saturated rings. The van der Waals surface area contributed by atoms with Crippen molar-refractivity contribution < 1.29 is 9.72 Å². The van der Waals surface area contributed by atoms with E-state index in [-0.39, 0.29) is 11.3 Å². The molecule has 6 nitrogen and oxygen atoms in total. The molecule has 0 aliphatic rings. The number of rotatable bonds is 3. The van der Waals surface area contributed by atoms with E-state index in [9.17, 15) is 14.9 Å². The van der Waals surface area contributed by atoms with Gasteiger partial charge in [0, 0.05) is 22.2 Å². The maximum Gasteiger partial charge on any atom is 0.270 e. The van der Waals surface area contributed by atoms with Gasteiger partial charge in [0.2, 0.25) is 0 Å². The first-order chi connectivity index (χ1) is 9.47. The van der Waals surface area contributed by atoms with Crippen molar-refractivity contribution >= 4 is 33.3 Å². The van der Waals surface area contributed by atoms with Crippen LogP contribution in [0.5, 0.6) is 0 Å². The van der Waals surface area contributed by atoms with Crippen LogP contribution in [0.1, 0.15) is 16.1 Å². The van der Waals surface area contributed by atoms with Crippen molar-refractivity contribution in [1.82, 2.24) is 4.98 Å². The number of carbonyl (C=O) groups is 1.